The van der Waals surface area contributed by atoms with Crippen LogP contribution in [0.3, 0.4) is 0 Å². The van der Waals surface area contributed by atoms with Crippen molar-refractivity contribution >= 4 is 17.3 Å². The van der Waals surface area contributed by atoms with Crippen LogP contribution in [0.5, 0.6) is 0 Å². The summed E-state index contributed by atoms with van der Waals surface area (Å²) in [5.74, 6) is 0.457. The molecule has 0 aromatic heterocycles. The number of carbonyl (C=O) groups is 1. The number of carbonyl (C=O) groups excluding carboxylic acids is 1. The van der Waals surface area contributed by atoms with Gasteiger partial charge in [0.2, 0.25) is 0 Å². The van der Waals surface area contributed by atoms with Crippen molar-refractivity contribution in [3.05, 3.63) is 23.8 Å². The lowest BCUT2D eigenvalue weighted by atomic mass is 9.78. The predicted octanol–water partition coefficient (Wildman–Crippen LogP) is 3.21. The molecular weight excluding hydrogens is 264 g/mol. The Morgan fingerprint density at radius 2 is 2.00 bits per heavy atom. The first-order valence-electron chi connectivity index (χ1n) is 7.95. The predicted molar refractivity (Wildman–Crippen MR) is 84.5 cm³/mol. The highest BCUT2D eigenvalue weighted by molar-refractivity contribution is 5.96. The Morgan fingerprint density at radius 1 is 1.24 bits per heavy atom. The van der Waals surface area contributed by atoms with E-state index in [1.165, 1.54) is 45.6 Å². The number of esters is 1. The lowest BCUT2D eigenvalue weighted by molar-refractivity contribution is 0.0602. The van der Waals surface area contributed by atoms with Crippen LogP contribution in [0.4, 0.5) is 11.4 Å². The fourth-order valence-corrected chi connectivity index (χ4v) is 3.96. The zero-order valence-electron chi connectivity index (χ0n) is 12.7. The summed E-state index contributed by atoms with van der Waals surface area (Å²) in [6, 6.07) is 6.40. The molecule has 2 N–H and O–H groups in total. The molecule has 2 atom stereocenters. The van der Waals surface area contributed by atoms with Gasteiger partial charge in [-0.1, -0.05) is 12.8 Å². The Balaban J connectivity index is 1.90. The molecule has 1 aromatic rings. The Hall–Kier alpha value is -1.71. The molecule has 1 saturated heterocycles. The molecule has 3 rings (SSSR count). The van der Waals surface area contributed by atoms with Crippen LogP contribution in [0.2, 0.25) is 0 Å². The van der Waals surface area contributed by atoms with E-state index in [0.717, 1.165) is 18.2 Å². The quantitative estimate of drug-likeness (QED) is 0.670. The molecule has 4 heteroatoms. The Bertz CT molecular complexity index is 528. The van der Waals surface area contributed by atoms with Crippen molar-refractivity contribution in [1.29, 1.82) is 0 Å². The minimum absolute atomic E-state index is 0.355. The van der Waals surface area contributed by atoms with E-state index in [-0.39, 0.29) is 5.97 Å². The number of nitrogens with zero attached hydrogens (tertiary/aromatic N) is 1. The summed E-state index contributed by atoms with van der Waals surface area (Å²) in [6.45, 7) is 1.08. The molecule has 1 heterocycles. The summed E-state index contributed by atoms with van der Waals surface area (Å²) in [5, 5.41) is 0. The van der Waals surface area contributed by atoms with E-state index in [9.17, 15) is 4.79 Å². The maximum absolute atomic E-state index is 11.8. The molecule has 2 aliphatic rings. The summed E-state index contributed by atoms with van der Waals surface area (Å²) < 4.78 is 4.83. The smallest absolute Gasteiger partial charge is 0.340 e. The van der Waals surface area contributed by atoms with E-state index >= 15 is 0 Å². The Kier molecular flexibility index (Phi) is 4.04. The second-order valence-corrected chi connectivity index (χ2v) is 6.21. The normalized spacial score (nSPS) is 25.3. The second kappa shape index (κ2) is 5.96. The highest BCUT2D eigenvalue weighted by Gasteiger charge is 2.33. The van der Waals surface area contributed by atoms with Crippen molar-refractivity contribution in [2.75, 3.05) is 24.3 Å². The number of nitrogens with two attached hydrogens (primary N) is 1. The third kappa shape index (κ3) is 2.71. The Morgan fingerprint density at radius 3 is 2.81 bits per heavy atom. The van der Waals surface area contributed by atoms with E-state index in [4.69, 9.17) is 10.5 Å². The minimum atomic E-state index is -0.355. The van der Waals surface area contributed by atoms with Gasteiger partial charge >= 0.3 is 5.97 Å². The van der Waals surface area contributed by atoms with Gasteiger partial charge in [0, 0.05) is 24.0 Å². The SMILES string of the molecule is COC(=O)c1cc(N2CCCC3CCCCC32)ccc1N. The molecule has 4 nitrogen and oxygen atoms in total. The van der Waals surface area contributed by atoms with Crippen LogP contribution < -0.4 is 10.6 Å². The summed E-state index contributed by atoms with van der Waals surface area (Å²) in [5.41, 5.74) is 7.99. The van der Waals surface area contributed by atoms with Gasteiger partial charge in [-0.15, -0.1) is 0 Å². The lowest BCUT2D eigenvalue weighted by Gasteiger charge is -2.45. The third-order valence-electron chi connectivity index (χ3n) is 5.02. The molecule has 1 aliphatic carbocycles. The molecule has 0 spiro atoms. The fraction of sp³-hybridized carbons (Fsp3) is 0.588. The monoisotopic (exact) mass is 288 g/mol. The molecule has 0 amide bonds. The third-order valence-corrected chi connectivity index (χ3v) is 5.02. The van der Waals surface area contributed by atoms with Gasteiger partial charge in [-0.2, -0.15) is 0 Å². The fourth-order valence-electron chi connectivity index (χ4n) is 3.96. The zero-order chi connectivity index (χ0) is 14.8. The first kappa shape index (κ1) is 14.2. The largest absolute Gasteiger partial charge is 0.465 e. The molecule has 1 saturated carbocycles. The van der Waals surface area contributed by atoms with Crippen molar-refractivity contribution in [2.24, 2.45) is 5.92 Å². The molecule has 0 radical (unpaired) electrons. The van der Waals surface area contributed by atoms with Gasteiger partial charge in [0.05, 0.1) is 12.7 Å². The molecule has 0 bridgehead atoms. The zero-order valence-corrected chi connectivity index (χ0v) is 12.7. The highest BCUT2D eigenvalue weighted by Crippen LogP contribution is 2.38. The van der Waals surface area contributed by atoms with Crippen LogP contribution in [0.15, 0.2) is 18.2 Å². The van der Waals surface area contributed by atoms with Crippen molar-refractivity contribution in [2.45, 2.75) is 44.6 Å². The number of rotatable bonds is 2. The van der Waals surface area contributed by atoms with Gasteiger partial charge < -0.3 is 15.4 Å². The number of benzene rings is 1. The van der Waals surface area contributed by atoms with Crippen LogP contribution in [0.1, 0.15) is 48.9 Å². The van der Waals surface area contributed by atoms with Crippen LogP contribution in [0.25, 0.3) is 0 Å². The summed E-state index contributed by atoms with van der Waals surface area (Å²) in [6.07, 6.45) is 7.88. The average molecular weight is 288 g/mol. The number of hydrogen-bond acceptors (Lipinski definition) is 4. The summed E-state index contributed by atoms with van der Waals surface area (Å²) >= 11 is 0. The number of ether oxygens (including phenoxy) is 1. The van der Waals surface area contributed by atoms with Crippen molar-refractivity contribution in [3.8, 4) is 0 Å². The van der Waals surface area contributed by atoms with Gasteiger partial charge in [-0.25, -0.2) is 4.79 Å². The molecule has 2 unspecified atom stereocenters. The number of hydrogen-bond donors (Lipinski definition) is 1. The first-order valence-corrected chi connectivity index (χ1v) is 7.95. The second-order valence-electron chi connectivity index (χ2n) is 6.21. The number of methoxy groups -OCH3 is 1. The van der Waals surface area contributed by atoms with E-state index in [1.54, 1.807) is 0 Å². The molecular formula is C17H24N2O2. The van der Waals surface area contributed by atoms with Gasteiger partial charge in [0.15, 0.2) is 0 Å². The molecule has 2 fully saturated rings. The minimum Gasteiger partial charge on any atom is -0.465 e. The molecule has 1 aromatic carbocycles. The number of nitrogen functional groups attached to an aromatic ring is 1. The van der Waals surface area contributed by atoms with Crippen LogP contribution in [-0.4, -0.2) is 25.7 Å². The maximum Gasteiger partial charge on any atom is 0.340 e. The van der Waals surface area contributed by atoms with Crippen molar-refractivity contribution < 1.29 is 9.53 Å². The van der Waals surface area contributed by atoms with E-state index in [0.29, 0.717) is 17.3 Å². The standard InChI is InChI=1S/C17H24N2O2/c1-21-17(20)14-11-13(8-9-15(14)18)19-10-4-6-12-5-2-3-7-16(12)19/h8-9,11-12,16H,2-7,10,18H2,1H3. The number of piperidine rings is 1. The van der Waals surface area contributed by atoms with Gasteiger partial charge in [-0.05, 0) is 49.8 Å². The maximum atomic E-state index is 11.8. The number of fused-ring (bicyclic) bond motifs is 1. The van der Waals surface area contributed by atoms with Crippen LogP contribution in [-0.2, 0) is 4.74 Å². The lowest BCUT2D eigenvalue weighted by Crippen LogP contribution is -2.47. The molecule has 1 aliphatic heterocycles. The van der Waals surface area contributed by atoms with Crippen LogP contribution in [0, 0.1) is 5.92 Å². The van der Waals surface area contributed by atoms with E-state index in [2.05, 4.69) is 4.90 Å². The summed E-state index contributed by atoms with van der Waals surface area (Å²) in [7, 11) is 1.40. The van der Waals surface area contributed by atoms with E-state index < -0.39 is 0 Å². The first-order chi connectivity index (χ1) is 10.2. The Labute approximate surface area is 126 Å². The number of anilines is 2. The highest BCUT2D eigenvalue weighted by atomic mass is 16.5. The average Bonchev–Trinajstić information content (AvgIpc) is 2.54. The van der Waals surface area contributed by atoms with Crippen molar-refractivity contribution in [1.82, 2.24) is 0 Å². The topological polar surface area (TPSA) is 55.6 Å². The van der Waals surface area contributed by atoms with Gasteiger partial charge in [0.1, 0.15) is 0 Å². The molecule has 114 valence electrons. The summed E-state index contributed by atoms with van der Waals surface area (Å²) in [4.78, 5) is 14.3. The van der Waals surface area contributed by atoms with Gasteiger partial charge in [-0.3, -0.25) is 0 Å². The van der Waals surface area contributed by atoms with E-state index in [1.807, 2.05) is 18.2 Å². The van der Waals surface area contributed by atoms with Crippen LogP contribution >= 0.6 is 0 Å². The molecule has 21 heavy (non-hydrogen) atoms. The van der Waals surface area contributed by atoms with Crippen molar-refractivity contribution in [3.63, 3.8) is 0 Å². The van der Waals surface area contributed by atoms with Gasteiger partial charge in [0.25, 0.3) is 0 Å².